The Kier molecular flexibility index (Phi) is 2.83. The number of aryl methyl sites for hydroxylation is 1. The first-order valence-electron chi connectivity index (χ1n) is 6.28. The number of nitrogens with two attached hydrogens (primary N) is 1. The highest BCUT2D eigenvalue weighted by Crippen LogP contribution is 2.40. The Hall–Kier alpha value is -0.820. The van der Waals surface area contributed by atoms with Gasteiger partial charge in [0.15, 0.2) is 0 Å². The summed E-state index contributed by atoms with van der Waals surface area (Å²) in [7, 11) is 0. The fraction of sp³-hybridized carbons (Fsp3) is 0.600. The van der Waals surface area contributed by atoms with E-state index >= 15 is 0 Å². The van der Waals surface area contributed by atoms with Gasteiger partial charge in [-0.1, -0.05) is 45.0 Å². The highest BCUT2D eigenvalue weighted by Gasteiger charge is 2.35. The molecule has 0 heterocycles. The van der Waals surface area contributed by atoms with Crippen LogP contribution in [-0.4, -0.2) is 0 Å². The summed E-state index contributed by atoms with van der Waals surface area (Å²) < 4.78 is 0. The predicted octanol–water partition coefficient (Wildman–Crippen LogP) is 3.61. The Morgan fingerprint density at radius 1 is 1.25 bits per heavy atom. The van der Waals surface area contributed by atoms with Gasteiger partial charge in [-0.2, -0.15) is 0 Å². The molecule has 0 bridgehead atoms. The summed E-state index contributed by atoms with van der Waals surface area (Å²) >= 11 is 0. The lowest BCUT2D eigenvalue weighted by atomic mass is 9.69. The molecule has 0 aliphatic heterocycles. The smallest absolute Gasteiger partial charge is 0.0417 e. The first-order valence-corrected chi connectivity index (χ1v) is 6.28. The Morgan fingerprint density at radius 3 is 2.62 bits per heavy atom. The molecule has 88 valence electrons. The van der Waals surface area contributed by atoms with E-state index < -0.39 is 0 Å². The van der Waals surface area contributed by atoms with E-state index in [1.807, 2.05) is 0 Å². The normalized spacial score (nSPS) is 25.2. The minimum absolute atomic E-state index is 0.104. The average molecular weight is 217 g/mol. The summed E-state index contributed by atoms with van der Waals surface area (Å²) in [5.74, 6) is 0. The molecule has 1 atom stereocenters. The molecule has 0 aromatic heterocycles. The van der Waals surface area contributed by atoms with Crippen molar-refractivity contribution in [2.45, 2.75) is 52.0 Å². The van der Waals surface area contributed by atoms with E-state index in [2.05, 4.69) is 45.0 Å². The van der Waals surface area contributed by atoms with E-state index in [-0.39, 0.29) is 5.54 Å². The van der Waals surface area contributed by atoms with Crippen molar-refractivity contribution in [3.8, 4) is 0 Å². The van der Waals surface area contributed by atoms with Crippen molar-refractivity contribution in [2.75, 3.05) is 0 Å². The summed E-state index contributed by atoms with van der Waals surface area (Å²) in [6.07, 6.45) is 4.61. The highest BCUT2D eigenvalue weighted by molar-refractivity contribution is 5.36. The van der Waals surface area contributed by atoms with Crippen LogP contribution in [0.4, 0.5) is 0 Å². The Labute approximate surface area is 99.0 Å². The van der Waals surface area contributed by atoms with Gasteiger partial charge in [0.05, 0.1) is 0 Å². The van der Waals surface area contributed by atoms with E-state index in [1.165, 1.54) is 24.0 Å². The van der Waals surface area contributed by atoms with E-state index in [4.69, 9.17) is 5.73 Å². The lowest BCUT2D eigenvalue weighted by Gasteiger charge is -2.40. The molecule has 0 radical (unpaired) electrons. The van der Waals surface area contributed by atoms with Crippen molar-refractivity contribution in [1.82, 2.24) is 0 Å². The van der Waals surface area contributed by atoms with Crippen LogP contribution in [0.25, 0.3) is 0 Å². The zero-order valence-electron chi connectivity index (χ0n) is 10.7. The van der Waals surface area contributed by atoms with Crippen molar-refractivity contribution in [1.29, 1.82) is 0 Å². The summed E-state index contributed by atoms with van der Waals surface area (Å²) in [6, 6.07) is 8.70. The third kappa shape index (κ3) is 2.30. The zero-order valence-corrected chi connectivity index (χ0v) is 10.7. The van der Waals surface area contributed by atoms with E-state index in [1.54, 1.807) is 0 Å². The van der Waals surface area contributed by atoms with Crippen molar-refractivity contribution >= 4 is 0 Å². The topological polar surface area (TPSA) is 26.0 Å². The second kappa shape index (κ2) is 3.89. The fourth-order valence-electron chi connectivity index (χ4n) is 3.08. The van der Waals surface area contributed by atoms with Crippen LogP contribution < -0.4 is 5.73 Å². The molecule has 1 unspecified atom stereocenters. The van der Waals surface area contributed by atoms with Gasteiger partial charge in [-0.05, 0) is 42.2 Å². The molecule has 0 saturated heterocycles. The van der Waals surface area contributed by atoms with Crippen LogP contribution in [0.5, 0.6) is 0 Å². The number of benzene rings is 1. The second-order valence-corrected chi connectivity index (χ2v) is 6.40. The molecule has 0 saturated carbocycles. The highest BCUT2D eigenvalue weighted by atomic mass is 14.8. The van der Waals surface area contributed by atoms with Gasteiger partial charge in [-0.3, -0.25) is 0 Å². The summed E-state index contributed by atoms with van der Waals surface area (Å²) in [4.78, 5) is 0. The zero-order chi connectivity index (χ0) is 11.8. The van der Waals surface area contributed by atoms with Crippen LogP contribution in [0.15, 0.2) is 24.3 Å². The lowest BCUT2D eigenvalue weighted by molar-refractivity contribution is 0.231. The first kappa shape index (κ1) is 11.7. The van der Waals surface area contributed by atoms with Gasteiger partial charge in [0, 0.05) is 5.54 Å². The van der Waals surface area contributed by atoms with Gasteiger partial charge >= 0.3 is 0 Å². The largest absolute Gasteiger partial charge is 0.321 e. The molecule has 0 amide bonds. The average Bonchev–Trinajstić information content (AvgIpc) is 2.15. The van der Waals surface area contributed by atoms with E-state index in [0.717, 1.165) is 12.8 Å². The van der Waals surface area contributed by atoms with Gasteiger partial charge < -0.3 is 5.73 Å². The summed E-state index contributed by atoms with van der Waals surface area (Å²) in [5, 5.41) is 0. The third-order valence-corrected chi connectivity index (χ3v) is 3.47. The minimum atomic E-state index is -0.104. The SMILES string of the molecule is CC(C)(C)CC1(N)CCCc2ccccc21. The Bertz CT molecular complexity index is 375. The summed E-state index contributed by atoms with van der Waals surface area (Å²) in [5.41, 5.74) is 9.69. The standard InChI is InChI=1S/C15H23N/c1-14(2,3)11-15(16)10-6-8-12-7-4-5-9-13(12)15/h4-5,7,9H,6,8,10-11,16H2,1-3H3. The molecule has 1 heteroatoms. The lowest BCUT2D eigenvalue weighted by Crippen LogP contribution is -2.43. The van der Waals surface area contributed by atoms with Crippen LogP contribution in [-0.2, 0) is 12.0 Å². The van der Waals surface area contributed by atoms with Crippen molar-refractivity contribution in [3.05, 3.63) is 35.4 Å². The molecule has 1 aromatic rings. The van der Waals surface area contributed by atoms with Crippen LogP contribution in [0.3, 0.4) is 0 Å². The molecular formula is C15H23N. The molecule has 1 aromatic carbocycles. The molecule has 1 aliphatic carbocycles. The van der Waals surface area contributed by atoms with Gasteiger partial charge in [0.25, 0.3) is 0 Å². The van der Waals surface area contributed by atoms with Crippen LogP contribution in [0.2, 0.25) is 0 Å². The van der Waals surface area contributed by atoms with Gasteiger partial charge in [-0.15, -0.1) is 0 Å². The molecule has 1 nitrogen and oxygen atoms in total. The molecule has 2 N–H and O–H groups in total. The third-order valence-electron chi connectivity index (χ3n) is 3.47. The first-order chi connectivity index (χ1) is 7.41. The Balaban J connectivity index is 2.37. The van der Waals surface area contributed by atoms with Crippen LogP contribution in [0.1, 0.15) is 51.2 Å². The van der Waals surface area contributed by atoms with Crippen LogP contribution in [0, 0.1) is 5.41 Å². The molecule has 16 heavy (non-hydrogen) atoms. The van der Waals surface area contributed by atoms with Crippen molar-refractivity contribution < 1.29 is 0 Å². The van der Waals surface area contributed by atoms with Crippen molar-refractivity contribution in [2.24, 2.45) is 11.1 Å². The molecule has 1 aliphatic rings. The predicted molar refractivity (Wildman–Crippen MR) is 69.3 cm³/mol. The van der Waals surface area contributed by atoms with E-state index in [9.17, 15) is 0 Å². The van der Waals surface area contributed by atoms with Crippen molar-refractivity contribution in [3.63, 3.8) is 0 Å². The maximum absolute atomic E-state index is 6.66. The Morgan fingerprint density at radius 2 is 1.94 bits per heavy atom. The number of rotatable bonds is 1. The monoisotopic (exact) mass is 217 g/mol. The second-order valence-electron chi connectivity index (χ2n) is 6.40. The van der Waals surface area contributed by atoms with Gasteiger partial charge in [-0.25, -0.2) is 0 Å². The molecule has 0 spiro atoms. The minimum Gasteiger partial charge on any atom is -0.321 e. The summed E-state index contributed by atoms with van der Waals surface area (Å²) in [6.45, 7) is 6.83. The molecule has 2 rings (SSSR count). The van der Waals surface area contributed by atoms with Gasteiger partial charge in [0.1, 0.15) is 0 Å². The van der Waals surface area contributed by atoms with Crippen LogP contribution >= 0.6 is 0 Å². The fourth-order valence-corrected chi connectivity index (χ4v) is 3.08. The molecular weight excluding hydrogens is 194 g/mol. The quantitative estimate of drug-likeness (QED) is 0.764. The maximum Gasteiger partial charge on any atom is 0.0417 e. The number of hydrogen-bond donors (Lipinski definition) is 1. The number of fused-ring (bicyclic) bond motifs is 1. The number of hydrogen-bond acceptors (Lipinski definition) is 1. The van der Waals surface area contributed by atoms with E-state index in [0.29, 0.717) is 5.41 Å². The maximum atomic E-state index is 6.66. The molecule has 0 fully saturated rings. The van der Waals surface area contributed by atoms with Gasteiger partial charge in [0.2, 0.25) is 0 Å².